The summed E-state index contributed by atoms with van der Waals surface area (Å²) in [5, 5.41) is 13.5. The number of carbonyl (C=O) groups excluding carboxylic acids is 1. The smallest absolute Gasteiger partial charge is 0.328 e. The number of rotatable bonds is 6. The summed E-state index contributed by atoms with van der Waals surface area (Å²) in [6.07, 6.45) is 7.01. The zero-order valence-electron chi connectivity index (χ0n) is 20.4. The van der Waals surface area contributed by atoms with Crippen LogP contribution in [0.2, 0.25) is 0 Å². The number of hydrogen-bond donors (Lipinski definition) is 1. The Bertz CT molecular complexity index is 1280. The van der Waals surface area contributed by atoms with Gasteiger partial charge in [0.25, 0.3) is 5.91 Å². The van der Waals surface area contributed by atoms with Crippen molar-refractivity contribution in [2.45, 2.75) is 58.9 Å². The van der Waals surface area contributed by atoms with E-state index in [2.05, 4.69) is 30.9 Å². The van der Waals surface area contributed by atoms with Crippen molar-refractivity contribution in [3.05, 3.63) is 59.2 Å². The summed E-state index contributed by atoms with van der Waals surface area (Å²) in [5.74, 6) is -1.48. The first-order valence-electron chi connectivity index (χ1n) is 12.1. The number of nitrogens with zero attached hydrogens (tertiary/aromatic N) is 4. The van der Waals surface area contributed by atoms with E-state index < -0.39 is 11.8 Å². The fraction of sp³-hybridized carbons (Fsp3) is 0.407. The highest BCUT2D eigenvalue weighted by molar-refractivity contribution is 5.93. The van der Waals surface area contributed by atoms with Crippen molar-refractivity contribution in [3.63, 3.8) is 0 Å². The molecule has 1 fully saturated rings. The Morgan fingerprint density at radius 3 is 2.77 bits per heavy atom. The van der Waals surface area contributed by atoms with Crippen LogP contribution in [0, 0.1) is 11.7 Å². The molecule has 3 heterocycles. The van der Waals surface area contributed by atoms with Crippen LogP contribution in [0.5, 0.6) is 0 Å². The van der Waals surface area contributed by atoms with E-state index in [4.69, 9.17) is 5.11 Å². The molecule has 1 aliphatic rings. The molecule has 1 amide bonds. The Kier molecular flexibility index (Phi) is 7.28. The molecule has 7 nitrogen and oxygen atoms in total. The second kappa shape index (κ2) is 10.4. The highest BCUT2D eigenvalue weighted by atomic mass is 19.1. The molecule has 35 heavy (non-hydrogen) atoms. The van der Waals surface area contributed by atoms with Gasteiger partial charge >= 0.3 is 5.97 Å². The summed E-state index contributed by atoms with van der Waals surface area (Å²) in [6, 6.07) is 8.41. The number of carbonyl (C=O) groups is 2. The fourth-order valence-electron chi connectivity index (χ4n) is 4.60. The van der Waals surface area contributed by atoms with E-state index in [1.54, 1.807) is 22.7 Å². The van der Waals surface area contributed by atoms with Crippen molar-refractivity contribution < 1.29 is 19.1 Å². The maximum absolute atomic E-state index is 15.2. The number of fused-ring (bicyclic) bond motifs is 1. The summed E-state index contributed by atoms with van der Waals surface area (Å²) in [4.78, 5) is 30.9. The summed E-state index contributed by atoms with van der Waals surface area (Å²) in [7, 11) is 0. The van der Waals surface area contributed by atoms with E-state index in [9.17, 15) is 9.59 Å². The molecule has 0 unspecified atom stereocenters. The molecule has 4 rings (SSSR count). The van der Waals surface area contributed by atoms with Crippen LogP contribution < -0.4 is 0 Å². The predicted molar refractivity (Wildman–Crippen MR) is 133 cm³/mol. The van der Waals surface area contributed by atoms with E-state index in [-0.39, 0.29) is 23.1 Å². The maximum atomic E-state index is 15.2. The molecular weight excluding hydrogens is 447 g/mol. The normalized spacial score (nSPS) is 16.8. The fourth-order valence-corrected chi connectivity index (χ4v) is 4.60. The maximum Gasteiger partial charge on any atom is 0.328 e. The number of hydrogen-bond acceptors (Lipinski definition) is 4. The lowest BCUT2D eigenvalue weighted by molar-refractivity contribution is -0.131. The SMILES string of the molecule is CC(C)Cc1cc(C(=O)N2CCCCC[C@H]2C)nc2cc(-c3cccc(/C=C/C(=O)O)c3F)nn12. The molecule has 0 spiro atoms. The van der Waals surface area contributed by atoms with E-state index >= 15 is 4.39 Å². The van der Waals surface area contributed by atoms with Crippen LogP contribution in [0.4, 0.5) is 4.39 Å². The van der Waals surface area contributed by atoms with Crippen LogP contribution in [0.1, 0.15) is 68.2 Å². The Morgan fingerprint density at radius 1 is 1.23 bits per heavy atom. The average Bonchev–Trinajstić information content (AvgIpc) is 3.12. The van der Waals surface area contributed by atoms with Gasteiger partial charge in [-0.2, -0.15) is 5.10 Å². The number of carboxylic acid groups (broad SMARTS) is 1. The van der Waals surface area contributed by atoms with Gasteiger partial charge in [0.2, 0.25) is 0 Å². The molecule has 0 bridgehead atoms. The molecule has 1 N–H and O–H groups in total. The molecule has 3 aromatic rings. The van der Waals surface area contributed by atoms with Crippen LogP contribution in [-0.4, -0.2) is 49.1 Å². The first kappa shape index (κ1) is 24.6. The molecule has 0 aliphatic carbocycles. The molecule has 1 aliphatic heterocycles. The van der Waals surface area contributed by atoms with Gasteiger partial charge < -0.3 is 10.0 Å². The van der Waals surface area contributed by atoms with Gasteiger partial charge in [-0.1, -0.05) is 38.8 Å². The highest BCUT2D eigenvalue weighted by Gasteiger charge is 2.26. The monoisotopic (exact) mass is 478 g/mol. The van der Waals surface area contributed by atoms with Crippen LogP contribution in [0.15, 0.2) is 36.4 Å². The zero-order valence-corrected chi connectivity index (χ0v) is 20.4. The lowest BCUT2D eigenvalue weighted by atomic mass is 10.1. The Balaban J connectivity index is 1.79. The van der Waals surface area contributed by atoms with Gasteiger partial charge in [-0.25, -0.2) is 18.7 Å². The first-order valence-corrected chi connectivity index (χ1v) is 12.1. The predicted octanol–water partition coefficient (Wildman–Crippen LogP) is 5.24. The summed E-state index contributed by atoms with van der Waals surface area (Å²) in [6.45, 7) is 6.99. The third-order valence-electron chi connectivity index (χ3n) is 6.36. The van der Waals surface area contributed by atoms with Gasteiger partial charge in [0.1, 0.15) is 11.5 Å². The van der Waals surface area contributed by atoms with Crippen molar-refractivity contribution in [1.82, 2.24) is 19.5 Å². The van der Waals surface area contributed by atoms with Crippen LogP contribution in [0.25, 0.3) is 23.0 Å². The van der Waals surface area contributed by atoms with Gasteiger partial charge in [0, 0.05) is 41.5 Å². The lowest BCUT2D eigenvalue weighted by Crippen LogP contribution is -2.38. The molecule has 184 valence electrons. The Labute approximate surface area is 204 Å². The second-order valence-corrected chi connectivity index (χ2v) is 9.61. The molecular formula is C27H31FN4O3. The number of amides is 1. The molecule has 1 aromatic carbocycles. The Hall–Kier alpha value is -3.55. The van der Waals surface area contributed by atoms with E-state index in [0.29, 0.717) is 29.4 Å². The number of carboxylic acids is 1. The zero-order chi connectivity index (χ0) is 25.1. The van der Waals surface area contributed by atoms with Gasteiger partial charge in [-0.3, -0.25) is 4.79 Å². The summed E-state index contributed by atoms with van der Waals surface area (Å²) < 4.78 is 16.9. The second-order valence-electron chi connectivity index (χ2n) is 9.61. The lowest BCUT2D eigenvalue weighted by Gasteiger charge is -2.27. The van der Waals surface area contributed by atoms with Crippen molar-refractivity contribution in [3.8, 4) is 11.3 Å². The number of benzene rings is 1. The van der Waals surface area contributed by atoms with E-state index in [1.807, 2.05) is 11.0 Å². The number of aromatic nitrogens is 3. The van der Waals surface area contributed by atoms with Crippen molar-refractivity contribution in [2.24, 2.45) is 5.92 Å². The molecule has 1 atom stereocenters. The van der Waals surface area contributed by atoms with Gasteiger partial charge in [-0.05, 0) is 50.3 Å². The summed E-state index contributed by atoms with van der Waals surface area (Å²) in [5.41, 5.74) is 2.47. The van der Waals surface area contributed by atoms with Crippen molar-refractivity contribution in [1.29, 1.82) is 0 Å². The largest absolute Gasteiger partial charge is 0.478 e. The van der Waals surface area contributed by atoms with E-state index in [1.165, 1.54) is 12.1 Å². The van der Waals surface area contributed by atoms with E-state index in [0.717, 1.165) is 44.0 Å². The Morgan fingerprint density at radius 2 is 2.03 bits per heavy atom. The number of likely N-dealkylation sites (tertiary alicyclic amines) is 1. The summed E-state index contributed by atoms with van der Waals surface area (Å²) >= 11 is 0. The molecule has 8 heteroatoms. The van der Waals surface area contributed by atoms with Crippen LogP contribution in [-0.2, 0) is 11.2 Å². The molecule has 0 radical (unpaired) electrons. The van der Waals surface area contributed by atoms with Crippen LogP contribution >= 0.6 is 0 Å². The number of aliphatic carboxylic acids is 1. The minimum Gasteiger partial charge on any atom is -0.478 e. The molecule has 2 aromatic heterocycles. The van der Waals surface area contributed by atoms with Gasteiger partial charge in [0.15, 0.2) is 5.65 Å². The quantitative estimate of drug-likeness (QED) is 0.490. The van der Waals surface area contributed by atoms with Gasteiger partial charge in [0.05, 0.1) is 5.69 Å². The third kappa shape index (κ3) is 5.42. The first-order chi connectivity index (χ1) is 16.7. The van der Waals surface area contributed by atoms with Crippen LogP contribution in [0.3, 0.4) is 0 Å². The standard InChI is InChI=1S/C27H31FN4O3/c1-17(2)14-20-15-23(27(35)31-13-6-4-5-8-18(31)3)29-24-16-22(30-32(20)24)21-10-7-9-19(26(21)28)11-12-25(33)34/h7,9-12,15-18H,4-6,8,13-14H2,1-3H3,(H,33,34)/b12-11+/t18-/m1/s1. The minimum atomic E-state index is -1.15. The topological polar surface area (TPSA) is 87.8 Å². The average molecular weight is 479 g/mol. The van der Waals surface area contributed by atoms with Crippen molar-refractivity contribution >= 4 is 23.6 Å². The minimum absolute atomic E-state index is 0.0818. The third-order valence-corrected chi connectivity index (χ3v) is 6.36. The molecule has 1 saturated heterocycles. The highest BCUT2D eigenvalue weighted by Crippen LogP contribution is 2.27. The van der Waals surface area contributed by atoms with Gasteiger partial charge in [-0.15, -0.1) is 0 Å². The van der Waals surface area contributed by atoms with Crippen molar-refractivity contribution in [2.75, 3.05) is 6.54 Å². The number of halogens is 1. The molecule has 0 saturated carbocycles.